The summed E-state index contributed by atoms with van der Waals surface area (Å²) >= 11 is -1.93. The maximum Gasteiger partial charge on any atom is 0.192 e. The zero-order chi connectivity index (χ0) is 10.9. The normalized spacial score (nSPS) is 21.5. The summed E-state index contributed by atoms with van der Waals surface area (Å²) in [6, 6.07) is 6.69. The molecule has 1 aromatic carbocycles. The zero-order valence-corrected chi connectivity index (χ0v) is 9.12. The van der Waals surface area contributed by atoms with Crippen LogP contribution in [0.1, 0.15) is 12.5 Å². The summed E-state index contributed by atoms with van der Waals surface area (Å²) in [4.78, 5) is 0.375. The van der Waals surface area contributed by atoms with Crippen molar-refractivity contribution < 1.29 is 18.2 Å². The summed E-state index contributed by atoms with van der Waals surface area (Å²) < 4.78 is 30.5. The molecule has 0 aliphatic carbocycles. The summed E-state index contributed by atoms with van der Waals surface area (Å²) in [7, 11) is 0. The molecule has 0 bridgehead atoms. The maximum atomic E-state index is 10.8. The van der Waals surface area contributed by atoms with Gasteiger partial charge in [0, 0.05) is 5.56 Å². The molecule has 0 aromatic heterocycles. The van der Waals surface area contributed by atoms with Crippen LogP contribution in [-0.4, -0.2) is 22.0 Å². The van der Waals surface area contributed by atoms with Crippen molar-refractivity contribution in [2.24, 2.45) is 0 Å². The molecule has 1 atom stereocenters. The van der Waals surface area contributed by atoms with E-state index in [0.717, 1.165) is 5.56 Å². The van der Waals surface area contributed by atoms with E-state index in [1.807, 2.05) is 6.92 Å². The molecule has 0 radical (unpaired) electrons. The van der Waals surface area contributed by atoms with E-state index >= 15 is 0 Å². The van der Waals surface area contributed by atoms with Gasteiger partial charge in [-0.25, -0.2) is 4.21 Å². The molecule has 1 aromatic rings. The number of hydrogen-bond donors (Lipinski definition) is 1. The van der Waals surface area contributed by atoms with E-state index < -0.39 is 16.9 Å². The molecular formula is C10H12O4S. The second kappa shape index (κ2) is 4.02. The standard InChI is InChI=1S/C10H12O4S/c1-10(13-6-7-14-10)8-2-4-9(5-3-8)15(11)12/h2-5H,6-7H2,1H3,(H,11,12). The molecule has 1 N–H and O–H groups in total. The van der Waals surface area contributed by atoms with E-state index in [4.69, 9.17) is 14.0 Å². The largest absolute Gasteiger partial charge is 0.344 e. The highest BCUT2D eigenvalue weighted by atomic mass is 32.2. The average Bonchev–Trinajstić information content (AvgIpc) is 2.67. The molecule has 5 heteroatoms. The Bertz CT molecular complexity index is 368. The van der Waals surface area contributed by atoms with Crippen LogP contribution in [0, 0.1) is 0 Å². The van der Waals surface area contributed by atoms with E-state index in [1.165, 1.54) is 0 Å². The van der Waals surface area contributed by atoms with Crippen LogP contribution >= 0.6 is 0 Å². The minimum Gasteiger partial charge on any atom is -0.344 e. The summed E-state index contributed by atoms with van der Waals surface area (Å²) in [5.41, 5.74) is 0.856. The van der Waals surface area contributed by atoms with Gasteiger partial charge in [0.05, 0.1) is 18.1 Å². The SMILES string of the molecule is CC1(c2ccc(S(=O)O)cc2)OCCO1. The van der Waals surface area contributed by atoms with E-state index in [-0.39, 0.29) is 0 Å². The molecule has 1 heterocycles. The molecule has 1 saturated heterocycles. The molecule has 2 rings (SSSR count). The van der Waals surface area contributed by atoms with Crippen molar-refractivity contribution in [1.82, 2.24) is 0 Å². The Morgan fingerprint density at radius 3 is 2.27 bits per heavy atom. The minimum absolute atomic E-state index is 0.375. The van der Waals surface area contributed by atoms with E-state index in [9.17, 15) is 4.21 Å². The zero-order valence-electron chi connectivity index (χ0n) is 8.30. The molecule has 0 amide bonds. The van der Waals surface area contributed by atoms with E-state index in [2.05, 4.69) is 0 Å². The van der Waals surface area contributed by atoms with Gasteiger partial charge in [0.2, 0.25) is 0 Å². The first-order chi connectivity index (χ1) is 7.12. The smallest absolute Gasteiger partial charge is 0.192 e. The van der Waals surface area contributed by atoms with Gasteiger partial charge in [-0.15, -0.1) is 0 Å². The van der Waals surface area contributed by atoms with Gasteiger partial charge in [-0.2, -0.15) is 0 Å². The molecular weight excluding hydrogens is 216 g/mol. The Morgan fingerprint density at radius 1 is 1.27 bits per heavy atom. The molecule has 0 spiro atoms. The average molecular weight is 228 g/mol. The van der Waals surface area contributed by atoms with Crippen LogP contribution < -0.4 is 0 Å². The lowest BCUT2D eigenvalue weighted by Gasteiger charge is -2.22. The van der Waals surface area contributed by atoms with Crippen molar-refractivity contribution in [3.8, 4) is 0 Å². The molecule has 1 fully saturated rings. The molecule has 15 heavy (non-hydrogen) atoms. The number of rotatable bonds is 2. The Labute approximate surface area is 90.5 Å². The quantitative estimate of drug-likeness (QED) is 0.779. The van der Waals surface area contributed by atoms with E-state index in [1.54, 1.807) is 24.3 Å². The topological polar surface area (TPSA) is 55.8 Å². The number of benzene rings is 1. The van der Waals surface area contributed by atoms with Crippen molar-refractivity contribution in [2.45, 2.75) is 17.6 Å². The summed E-state index contributed by atoms with van der Waals surface area (Å²) in [5.74, 6) is -0.713. The van der Waals surface area contributed by atoms with Crippen molar-refractivity contribution in [3.63, 3.8) is 0 Å². The maximum absolute atomic E-state index is 10.8. The lowest BCUT2D eigenvalue weighted by atomic mass is 10.1. The van der Waals surface area contributed by atoms with Gasteiger partial charge in [0.1, 0.15) is 0 Å². The fourth-order valence-electron chi connectivity index (χ4n) is 1.56. The van der Waals surface area contributed by atoms with Crippen LogP contribution in [0.3, 0.4) is 0 Å². The van der Waals surface area contributed by atoms with Gasteiger partial charge >= 0.3 is 0 Å². The van der Waals surface area contributed by atoms with Gasteiger partial charge in [-0.1, -0.05) is 12.1 Å². The highest BCUT2D eigenvalue weighted by Gasteiger charge is 2.32. The fraction of sp³-hybridized carbons (Fsp3) is 0.400. The Balaban J connectivity index is 2.26. The second-order valence-corrected chi connectivity index (χ2v) is 4.39. The molecule has 4 nitrogen and oxygen atoms in total. The first kappa shape index (κ1) is 10.8. The molecule has 1 aliphatic rings. The lowest BCUT2D eigenvalue weighted by molar-refractivity contribution is -0.149. The number of hydrogen-bond acceptors (Lipinski definition) is 3. The third kappa shape index (κ3) is 2.10. The molecule has 82 valence electrons. The second-order valence-electron chi connectivity index (χ2n) is 3.42. The van der Waals surface area contributed by atoms with Crippen LogP contribution in [0.25, 0.3) is 0 Å². The highest BCUT2D eigenvalue weighted by Crippen LogP contribution is 2.30. The predicted octanol–water partition coefficient (Wildman–Crippen LogP) is 1.49. The molecule has 1 unspecified atom stereocenters. The predicted molar refractivity (Wildman–Crippen MR) is 54.7 cm³/mol. The first-order valence-electron chi connectivity index (χ1n) is 4.61. The van der Waals surface area contributed by atoms with Crippen LogP contribution in [0.15, 0.2) is 29.2 Å². The van der Waals surface area contributed by atoms with E-state index in [0.29, 0.717) is 18.1 Å². The molecule has 1 aliphatic heterocycles. The lowest BCUT2D eigenvalue weighted by Crippen LogP contribution is -2.22. The monoisotopic (exact) mass is 228 g/mol. The van der Waals surface area contributed by atoms with Crippen molar-refractivity contribution in [2.75, 3.05) is 13.2 Å². The molecule has 0 saturated carbocycles. The van der Waals surface area contributed by atoms with Crippen LogP contribution in [0.5, 0.6) is 0 Å². The van der Waals surface area contributed by atoms with Crippen LogP contribution in [-0.2, 0) is 26.3 Å². The Hall–Kier alpha value is -0.750. The fourth-order valence-corrected chi connectivity index (χ4v) is 1.92. The minimum atomic E-state index is -1.93. The Kier molecular flexibility index (Phi) is 2.88. The van der Waals surface area contributed by atoms with Gasteiger partial charge < -0.3 is 14.0 Å². The highest BCUT2D eigenvalue weighted by molar-refractivity contribution is 7.79. The first-order valence-corrected chi connectivity index (χ1v) is 5.72. The summed E-state index contributed by atoms with van der Waals surface area (Å²) in [6.45, 7) is 2.99. The van der Waals surface area contributed by atoms with Gasteiger partial charge in [-0.05, 0) is 19.1 Å². The van der Waals surface area contributed by atoms with Crippen LogP contribution in [0.2, 0.25) is 0 Å². The summed E-state index contributed by atoms with van der Waals surface area (Å²) in [6.07, 6.45) is 0. The van der Waals surface area contributed by atoms with Gasteiger partial charge in [0.15, 0.2) is 16.9 Å². The van der Waals surface area contributed by atoms with Crippen molar-refractivity contribution in [1.29, 1.82) is 0 Å². The van der Waals surface area contributed by atoms with Crippen molar-refractivity contribution >= 4 is 11.1 Å². The third-order valence-corrected chi connectivity index (χ3v) is 3.09. The summed E-state index contributed by atoms with van der Waals surface area (Å²) in [5, 5.41) is 0. The van der Waals surface area contributed by atoms with Crippen molar-refractivity contribution in [3.05, 3.63) is 29.8 Å². The third-order valence-electron chi connectivity index (χ3n) is 2.42. The van der Waals surface area contributed by atoms with Crippen LogP contribution in [0.4, 0.5) is 0 Å². The van der Waals surface area contributed by atoms with Gasteiger partial charge in [-0.3, -0.25) is 0 Å². The Morgan fingerprint density at radius 2 is 1.80 bits per heavy atom. The number of ether oxygens (including phenoxy) is 2. The van der Waals surface area contributed by atoms with Gasteiger partial charge in [0.25, 0.3) is 0 Å².